The molecule has 1 amide bonds. The van der Waals surface area contributed by atoms with Gasteiger partial charge in [-0.2, -0.15) is 0 Å². The molecule has 3 rings (SSSR count). The average molecular weight is 471 g/mol. The van der Waals surface area contributed by atoms with Crippen molar-refractivity contribution in [2.75, 3.05) is 19.8 Å². The van der Waals surface area contributed by atoms with E-state index in [1.165, 1.54) is 0 Å². The Morgan fingerprint density at radius 1 is 1.21 bits per heavy atom. The van der Waals surface area contributed by atoms with Crippen molar-refractivity contribution in [1.29, 1.82) is 0 Å². The van der Waals surface area contributed by atoms with Crippen molar-refractivity contribution in [3.05, 3.63) is 53.2 Å². The molecule has 2 atom stereocenters. The van der Waals surface area contributed by atoms with E-state index < -0.39 is 23.1 Å². The SMILES string of the molecule is CCOc1cccc(C2C[C@]2(C(=O)O)c2cc(C)ccc2OCCCNC(=O)OC(C)(C)C)n1. The van der Waals surface area contributed by atoms with Crippen molar-refractivity contribution in [1.82, 2.24) is 10.3 Å². The first-order chi connectivity index (χ1) is 16.1. The molecule has 1 aromatic heterocycles. The number of nitrogens with zero attached hydrogens (tertiary/aromatic N) is 1. The Labute approximate surface area is 200 Å². The van der Waals surface area contributed by atoms with Crippen LogP contribution in [-0.4, -0.2) is 47.5 Å². The van der Waals surface area contributed by atoms with Crippen LogP contribution in [-0.2, 0) is 14.9 Å². The van der Waals surface area contributed by atoms with Gasteiger partial charge in [-0.15, -0.1) is 0 Å². The van der Waals surface area contributed by atoms with E-state index in [0.717, 1.165) is 5.56 Å². The lowest BCUT2D eigenvalue weighted by atomic mass is 9.90. The maximum absolute atomic E-state index is 12.5. The minimum absolute atomic E-state index is 0.275. The average Bonchev–Trinajstić information content (AvgIpc) is 3.51. The number of aryl methyl sites for hydroxylation is 1. The third kappa shape index (κ3) is 5.98. The number of aliphatic carboxylic acids is 1. The number of amides is 1. The van der Waals surface area contributed by atoms with Gasteiger partial charge in [0, 0.05) is 29.8 Å². The summed E-state index contributed by atoms with van der Waals surface area (Å²) in [5.74, 6) is -0.148. The zero-order valence-electron chi connectivity index (χ0n) is 20.5. The fourth-order valence-corrected chi connectivity index (χ4v) is 4.00. The van der Waals surface area contributed by atoms with E-state index in [1.54, 1.807) is 26.8 Å². The summed E-state index contributed by atoms with van der Waals surface area (Å²) >= 11 is 0. The fraction of sp³-hybridized carbons (Fsp3) is 0.500. The second-order valence-electron chi connectivity index (χ2n) is 9.50. The topological polar surface area (TPSA) is 107 Å². The van der Waals surface area contributed by atoms with Crippen LogP contribution in [0.2, 0.25) is 0 Å². The number of aromatic nitrogens is 1. The highest BCUT2D eigenvalue weighted by atomic mass is 16.6. The Morgan fingerprint density at radius 3 is 2.65 bits per heavy atom. The number of nitrogens with one attached hydrogen (secondary N) is 1. The highest BCUT2D eigenvalue weighted by Gasteiger charge is 2.64. The molecule has 1 heterocycles. The Balaban J connectivity index is 1.71. The minimum Gasteiger partial charge on any atom is -0.493 e. The van der Waals surface area contributed by atoms with Gasteiger partial charge in [0.15, 0.2) is 0 Å². The Kier molecular flexibility index (Phi) is 7.69. The Morgan fingerprint density at radius 2 is 1.97 bits per heavy atom. The number of pyridine rings is 1. The molecule has 2 N–H and O–H groups in total. The van der Waals surface area contributed by atoms with Crippen LogP contribution in [0.15, 0.2) is 36.4 Å². The first kappa shape index (κ1) is 25.3. The van der Waals surface area contributed by atoms with Crippen LogP contribution in [0.3, 0.4) is 0 Å². The molecule has 0 saturated heterocycles. The number of carboxylic acid groups (broad SMARTS) is 1. The maximum Gasteiger partial charge on any atom is 0.407 e. The van der Waals surface area contributed by atoms with Gasteiger partial charge in [0.2, 0.25) is 5.88 Å². The molecule has 184 valence electrons. The third-order valence-corrected chi connectivity index (χ3v) is 5.60. The van der Waals surface area contributed by atoms with Gasteiger partial charge >= 0.3 is 12.1 Å². The molecule has 2 aromatic rings. The van der Waals surface area contributed by atoms with Gasteiger partial charge in [-0.3, -0.25) is 4.79 Å². The normalized spacial score (nSPS) is 19.3. The lowest BCUT2D eigenvalue weighted by Crippen LogP contribution is -2.33. The second-order valence-corrected chi connectivity index (χ2v) is 9.50. The van der Waals surface area contributed by atoms with Crippen LogP contribution in [0.4, 0.5) is 4.79 Å². The first-order valence-corrected chi connectivity index (χ1v) is 11.6. The predicted octanol–water partition coefficient (Wildman–Crippen LogP) is 4.59. The van der Waals surface area contributed by atoms with Gasteiger partial charge in [0.1, 0.15) is 16.8 Å². The van der Waals surface area contributed by atoms with E-state index in [2.05, 4.69) is 10.3 Å². The van der Waals surface area contributed by atoms with Gasteiger partial charge in [-0.1, -0.05) is 23.8 Å². The van der Waals surface area contributed by atoms with Crippen LogP contribution in [0.1, 0.15) is 63.3 Å². The number of hydrogen-bond acceptors (Lipinski definition) is 6. The molecule has 1 aromatic carbocycles. The lowest BCUT2D eigenvalue weighted by Gasteiger charge is -2.20. The number of carbonyl (C=O) groups excluding carboxylic acids is 1. The molecule has 0 bridgehead atoms. The van der Waals surface area contributed by atoms with Crippen LogP contribution in [0, 0.1) is 6.92 Å². The molecule has 8 nitrogen and oxygen atoms in total. The first-order valence-electron chi connectivity index (χ1n) is 11.6. The van der Waals surface area contributed by atoms with E-state index in [0.29, 0.717) is 55.5 Å². The van der Waals surface area contributed by atoms with Gasteiger partial charge in [0.25, 0.3) is 0 Å². The van der Waals surface area contributed by atoms with Crippen LogP contribution in [0.5, 0.6) is 11.6 Å². The number of rotatable bonds is 10. The molecule has 0 aliphatic heterocycles. The summed E-state index contributed by atoms with van der Waals surface area (Å²) in [5.41, 5.74) is 0.640. The number of hydrogen-bond donors (Lipinski definition) is 2. The highest BCUT2D eigenvalue weighted by Crippen LogP contribution is 2.62. The quantitative estimate of drug-likeness (QED) is 0.489. The summed E-state index contributed by atoms with van der Waals surface area (Å²) in [6.07, 6.45) is 0.509. The molecule has 1 unspecified atom stereocenters. The smallest absolute Gasteiger partial charge is 0.407 e. The summed E-state index contributed by atoms with van der Waals surface area (Å²) in [6, 6.07) is 11.0. The molecular formula is C26H34N2O6. The lowest BCUT2D eigenvalue weighted by molar-refractivity contribution is -0.140. The Bertz CT molecular complexity index is 1030. The van der Waals surface area contributed by atoms with E-state index in [1.807, 2.05) is 44.2 Å². The number of benzene rings is 1. The van der Waals surface area contributed by atoms with E-state index in [-0.39, 0.29) is 5.92 Å². The molecule has 1 fully saturated rings. The summed E-state index contributed by atoms with van der Waals surface area (Å²) in [5, 5.41) is 13.0. The van der Waals surface area contributed by atoms with Crippen molar-refractivity contribution >= 4 is 12.1 Å². The van der Waals surface area contributed by atoms with Crippen molar-refractivity contribution in [2.45, 2.75) is 64.4 Å². The Hall–Kier alpha value is -3.29. The molecule has 0 spiro atoms. The molecule has 0 radical (unpaired) electrons. The molecule has 1 aliphatic carbocycles. The van der Waals surface area contributed by atoms with E-state index in [4.69, 9.17) is 14.2 Å². The molecule has 34 heavy (non-hydrogen) atoms. The predicted molar refractivity (Wildman–Crippen MR) is 128 cm³/mol. The number of alkyl carbamates (subject to hydrolysis) is 1. The minimum atomic E-state index is -1.10. The summed E-state index contributed by atoms with van der Waals surface area (Å²) in [6.45, 7) is 10.4. The second kappa shape index (κ2) is 10.3. The monoisotopic (exact) mass is 470 g/mol. The third-order valence-electron chi connectivity index (χ3n) is 5.60. The van der Waals surface area contributed by atoms with Crippen LogP contribution in [0.25, 0.3) is 0 Å². The summed E-state index contributed by atoms with van der Waals surface area (Å²) in [4.78, 5) is 28.8. The zero-order valence-corrected chi connectivity index (χ0v) is 20.5. The summed E-state index contributed by atoms with van der Waals surface area (Å²) in [7, 11) is 0. The summed E-state index contributed by atoms with van der Waals surface area (Å²) < 4.78 is 16.7. The van der Waals surface area contributed by atoms with Crippen molar-refractivity contribution in [2.24, 2.45) is 0 Å². The highest BCUT2D eigenvalue weighted by molar-refractivity contribution is 5.88. The van der Waals surface area contributed by atoms with E-state index >= 15 is 0 Å². The number of ether oxygens (including phenoxy) is 3. The number of carbonyl (C=O) groups is 2. The van der Waals surface area contributed by atoms with Crippen molar-refractivity contribution < 1.29 is 28.9 Å². The molecular weight excluding hydrogens is 436 g/mol. The van der Waals surface area contributed by atoms with Gasteiger partial charge in [0.05, 0.1) is 13.2 Å². The number of carboxylic acids is 1. The van der Waals surface area contributed by atoms with Crippen molar-refractivity contribution in [3.8, 4) is 11.6 Å². The maximum atomic E-state index is 12.5. The fourth-order valence-electron chi connectivity index (χ4n) is 4.00. The van der Waals surface area contributed by atoms with E-state index in [9.17, 15) is 14.7 Å². The molecule has 1 saturated carbocycles. The van der Waals surface area contributed by atoms with Crippen LogP contribution < -0.4 is 14.8 Å². The van der Waals surface area contributed by atoms with Crippen molar-refractivity contribution in [3.63, 3.8) is 0 Å². The van der Waals surface area contributed by atoms with Gasteiger partial charge in [-0.05, 0) is 59.6 Å². The van der Waals surface area contributed by atoms with Gasteiger partial charge in [-0.25, -0.2) is 9.78 Å². The molecule has 1 aliphatic rings. The van der Waals surface area contributed by atoms with Crippen LogP contribution >= 0.6 is 0 Å². The molecule has 8 heteroatoms. The zero-order chi connectivity index (χ0) is 24.9. The largest absolute Gasteiger partial charge is 0.493 e. The van der Waals surface area contributed by atoms with Gasteiger partial charge < -0.3 is 24.6 Å². The standard InChI is InChI=1S/C26H34N2O6/c1-6-32-22-10-7-9-20(28-22)19-16-26(19,23(29)30)18-15-17(2)11-12-21(18)33-14-8-13-27-24(31)34-25(3,4)5/h7,9-12,15,19H,6,8,13-14,16H2,1-5H3,(H,27,31)(H,29,30)/t19?,26-/m0/s1.